The molecule has 1 saturated carbocycles. The largest absolute Gasteiger partial charge is 0.489 e. The van der Waals surface area contributed by atoms with Gasteiger partial charge in [-0.1, -0.05) is 51.4 Å². The first-order valence-corrected chi connectivity index (χ1v) is 22.0. The molecular formula is C48H53ClN6O6. The Labute approximate surface area is 361 Å². The van der Waals surface area contributed by atoms with Gasteiger partial charge >= 0.3 is 0 Å². The Bertz CT molecular complexity index is 2420. The monoisotopic (exact) mass is 844 g/mol. The van der Waals surface area contributed by atoms with Gasteiger partial charge in [0.15, 0.2) is 5.76 Å². The number of fused-ring (bicyclic) bond motifs is 3. The highest BCUT2D eigenvalue weighted by atomic mass is 35.5. The minimum Gasteiger partial charge on any atom is -0.489 e. The first-order valence-electron chi connectivity index (χ1n) is 21.7. The van der Waals surface area contributed by atoms with E-state index in [1.807, 2.05) is 24.3 Å². The van der Waals surface area contributed by atoms with Crippen LogP contribution in [-0.4, -0.2) is 84.3 Å². The van der Waals surface area contributed by atoms with Gasteiger partial charge in [0, 0.05) is 77.3 Å². The van der Waals surface area contributed by atoms with Crippen LogP contribution < -0.4 is 20.3 Å². The first-order chi connectivity index (χ1) is 29.2. The normalized spacial score (nSPS) is 24.3. The van der Waals surface area contributed by atoms with Crippen LogP contribution in [-0.2, 0) is 16.1 Å². The molecule has 5 heterocycles. The van der Waals surface area contributed by atoms with Crippen LogP contribution in [0.4, 0.5) is 5.69 Å². The van der Waals surface area contributed by atoms with Gasteiger partial charge in [-0.2, -0.15) is 5.26 Å². The molecule has 0 radical (unpaired) electrons. The molecule has 4 amide bonds. The third kappa shape index (κ3) is 7.54. The molecule has 5 aliphatic rings. The van der Waals surface area contributed by atoms with E-state index >= 15 is 0 Å². The number of nitrogens with one attached hydrogen (secondary N) is 2. The summed E-state index contributed by atoms with van der Waals surface area (Å²) >= 11 is 6.26. The number of furan rings is 1. The molecule has 4 aliphatic heterocycles. The number of benzene rings is 3. The SMILES string of the molecule is CC1(C)C(NC(=O)c2ccc(C3CCN(CC4CCN(c5ccc6c7c(oc6c5)C(=O)N(C5CCC(=O)NC5=O)C7)CC4)CC3)cc2)C(C)(C)C1Oc1ccc(C#N)c(Cl)c1. The number of carbonyl (C=O) groups is 4. The second-order valence-electron chi connectivity index (χ2n) is 18.9. The number of piperidine rings is 3. The van der Waals surface area contributed by atoms with Gasteiger partial charge in [-0.3, -0.25) is 24.5 Å². The van der Waals surface area contributed by atoms with Crippen molar-refractivity contribution in [2.45, 2.75) is 96.9 Å². The number of anilines is 1. The highest BCUT2D eigenvalue weighted by Gasteiger charge is 2.64. The number of likely N-dealkylation sites (tertiary alicyclic amines) is 1. The zero-order valence-electron chi connectivity index (χ0n) is 35.3. The lowest BCUT2D eigenvalue weighted by Gasteiger charge is -2.63. The summed E-state index contributed by atoms with van der Waals surface area (Å²) in [7, 11) is 0. The topological polar surface area (TPSA) is 148 Å². The van der Waals surface area contributed by atoms with E-state index in [9.17, 15) is 24.4 Å². The second kappa shape index (κ2) is 15.8. The molecule has 3 aromatic carbocycles. The molecule has 2 N–H and O–H groups in total. The molecule has 12 nitrogen and oxygen atoms in total. The average molecular weight is 845 g/mol. The van der Waals surface area contributed by atoms with Crippen LogP contribution in [0, 0.1) is 28.1 Å². The van der Waals surface area contributed by atoms with Crippen molar-refractivity contribution >= 4 is 51.9 Å². The predicted molar refractivity (Wildman–Crippen MR) is 231 cm³/mol. The van der Waals surface area contributed by atoms with E-state index < -0.39 is 11.9 Å². The summed E-state index contributed by atoms with van der Waals surface area (Å²) in [6.45, 7) is 13.9. The van der Waals surface area contributed by atoms with Crippen LogP contribution in [0.25, 0.3) is 11.0 Å². The first kappa shape index (κ1) is 41.0. The Morgan fingerprint density at radius 2 is 1.66 bits per heavy atom. The van der Waals surface area contributed by atoms with Gasteiger partial charge in [0.05, 0.1) is 17.1 Å². The molecule has 13 heteroatoms. The van der Waals surface area contributed by atoms with Crippen LogP contribution in [0.15, 0.2) is 65.1 Å². The molecule has 1 aromatic heterocycles. The molecule has 1 unspecified atom stereocenters. The van der Waals surface area contributed by atoms with E-state index in [1.54, 1.807) is 18.2 Å². The van der Waals surface area contributed by atoms with Crippen LogP contribution in [0.3, 0.4) is 0 Å². The minimum absolute atomic E-state index is 0.0835. The van der Waals surface area contributed by atoms with Gasteiger partial charge in [0.25, 0.3) is 11.8 Å². The summed E-state index contributed by atoms with van der Waals surface area (Å²) in [6, 6.07) is 20.8. The Morgan fingerprint density at radius 3 is 2.33 bits per heavy atom. The van der Waals surface area contributed by atoms with Gasteiger partial charge in [-0.05, 0) is 99.0 Å². The number of nitrogens with zero attached hydrogens (tertiary/aromatic N) is 4. The van der Waals surface area contributed by atoms with E-state index in [0.29, 0.717) is 58.0 Å². The lowest BCUT2D eigenvalue weighted by Crippen LogP contribution is -2.74. The highest BCUT2D eigenvalue weighted by molar-refractivity contribution is 6.31. The zero-order chi connectivity index (χ0) is 42.8. The van der Waals surface area contributed by atoms with Crippen molar-refractivity contribution < 1.29 is 28.3 Å². The molecule has 61 heavy (non-hydrogen) atoms. The minimum atomic E-state index is -0.658. The number of hydrogen-bond acceptors (Lipinski definition) is 9. The number of imide groups is 1. The van der Waals surface area contributed by atoms with E-state index in [2.05, 4.69) is 72.4 Å². The van der Waals surface area contributed by atoms with E-state index in [4.69, 9.17) is 20.8 Å². The van der Waals surface area contributed by atoms with Crippen molar-refractivity contribution in [2.75, 3.05) is 37.6 Å². The summed E-state index contributed by atoms with van der Waals surface area (Å²) in [5.41, 5.74) is 4.28. The number of rotatable bonds is 9. The van der Waals surface area contributed by atoms with Crippen LogP contribution >= 0.6 is 11.6 Å². The van der Waals surface area contributed by atoms with Crippen LogP contribution in [0.5, 0.6) is 5.75 Å². The van der Waals surface area contributed by atoms with Gasteiger partial charge in [-0.15, -0.1) is 0 Å². The summed E-state index contributed by atoms with van der Waals surface area (Å²) in [6.07, 6.45) is 4.81. The average Bonchev–Trinajstić information content (AvgIpc) is 3.77. The molecule has 1 atom stereocenters. The molecule has 318 valence electrons. The number of hydrogen-bond donors (Lipinski definition) is 2. The van der Waals surface area contributed by atoms with Gasteiger partial charge < -0.3 is 29.2 Å². The Hall–Kier alpha value is -5.38. The Morgan fingerprint density at radius 1 is 0.934 bits per heavy atom. The second-order valence-corrected chi connectivity index (χ2v) is 19.3. The number of ether oxygens (including phenoxy) is 1. The fourth-order valence-corrected chi connectivity index (χ4v) is 11.4. The molecule has 3 saturated heterocycles. The zero-order valence-corrected chi connectivity index (χ0v) is 36.0. The number of nitriles is 1. The molecular weight excluding hydrogens is 792 g/mol. The maximum Gasteiger partial charge on any atom is 0.290 e. The molecule has 4 fully saturated rings. The van der Waals surface area contributed by atoms with Crippen molar-refractivity contribution in [2.24, 2.45) is 16.7 Å². The Balaban J connectivity index is 0.727. The number of halogens is 1. The highest BCUT2D eigenvalue weighted by Crippen LogP contribution is 2.55. The smallest absolute Gasteiger partial charge is 0.290 e. The standard InChI is InChI=1S/C48H53ClN6O6/c1-47(2)45(48(3,4)46(47)60-34-11-9-32(25-50)37(49)24-34)52-42(57)31-7-5-29(6-8-31)30-17-19-53(20-18-30)26-28-15-21-54(22-16-28)33-10-12-35-36-27-55(38-13-14-40(56)51-43(38)58)44(59)41(36)61-39(35)23-33/h5-12,23-24,28,30,38,45-46H,13-22,26-27H2,1-4H3,(H,52,57)(H,51,56,58). The summed E-state index contributed by atoms with van der Waals surface area (Å²) in [5, 5.41) is 16.1. The maximum atomic E-state index is 13.5. The summed E-state index contributed by atoms with van der Waals surface area (Å²) in [5.74, 6) is 0.923. The maximum absolute atomic E-state index is 13.5. The molecule has 1 aliphatic carbocycles. The quantitative estimate of drug-likeness (QED) is 0.164. The van der Waals surface area contributed by atoms with Crippen LogP contribution in [0.1, 0.15) is 110 Å². The van der Waals surface area contributed by atoms with Crippen molar-refractivity contribution in [3.8, 4) is 11.8 Å². The fourth-order valence-electron chi connectivity index (χ4n) is 11.2. The van der Waals surface area contributed by atoms with Crippen molar-refractivity contribution in [1.29, 1.82) is 5.26 Å². The summed E-state index contributed by atoms with van der Waals surface area (Å²) < 4.78 is 12.5. The van der Waals surface area contributed by atoms with Crippen molar-refractivity contribution in [3.63, 3.8) is 0 Å². The molecule has 0 spiro atoms. The van der Waals surface area contributed by atoms with Gasteiger partial charge in [0.2, 0.25) is 11.8 Å². The summed E-state index contributed by atoms with van der Waals surface area (Å²) in [4.78, 5) is 57.4. The van der Waals surface area contributed by atoms with Crippen LogP contribution in [0.2, 0.25) is 5.02 Å². The third-order valence-corrected chi connectivity index (χ3v) is 14.6. The number of amides is 4. The Kier molecular flexibility index (Phi) is 10.6. The fraction of sp³-hybridized carbons (Fsp3) is 0.479. The van der Waals surface area contributed by atoms with E-state index in [-0.39, 0.29) is 47.1 Å². The third-order valence-electron chi connectivity index (χ3n) is 14.3. The lowest BCUT2D eigenvalue weighted by molar-refractivity contribution is -0.164. The molecule has 0 bridgehead atoms. The lowest BCUT2D eigenvalue weighted by atomic mass is 9.49. The van der Waals surface area contributed by atoms with Gasteiger partial charge in [0.1, 0.15) is 29.5 Å². The van der Waals surface area contributed by atoms with E-state index in [0.717, 1.165) is 75.0 Å². The predicted octanol–water partition coefficient (Wildman–Crippen LogP) is 7.43. The number of carbonyl (C=O) groups excluding carboxylic acids is 4. The molecule has 4 aromatic rings. The van der Waals surface area contributed by atoms with Gasteiger partial charge in [-0.25, -0.2) is 0 Å². The van der Waals surface area contributed by atoms with E-state index in [1.165, 1.54) is 10.5 Å². The van der Waals surface area contributed by atoms with Crippen molar-refractivity contribution in [3.05, 3.63) is 93.7 Å². The molecule has 9 rings (SSSR count). The van der Waals surface area contributed by atoms with Crippen molar-refractivity contribution in [1.82, 2.24) is 20.4 Å².